The Hall–Kier alpha value is -1.63. The molecule has 0 saturated heterocycles. The van der Waals surface area contributed by atoms with Crippen LogP contribution in [0.2, 0.25) is 0 Å². The molecule has 7 heteroatoms. The van der Waals surface area contributed by atoms with Crippen molar-refractivity contribution in [3.8, 4) is 0 Å². The molecule has 0 amide bonds. The summed E-state index contributed by atoms with van der Waals surface area (Å²) in [6.07, 6.45) is 3.19. The van der Waals surface area contributed by atoms with Crippen LogP contribution in [0, 0.1) is 0 Å². The fourth-order valence-electron chi connectivity index (χ4n) is 1.36. The Bertz CT molecular complexity index is 514. The summed E-state index contributed by atoms with van der Waals surface area (Å²) in [4.78, 5) is 15.4. The van der Waals surface area contributed by atoms with Gasteiger partial charge >= 0.3 is 5.97 Å². The van der Waals surface area contributed by atoms with Gasteiger partial charge in [0.2, 0.25) is 0 Å². The van der Waals surface area contributed by atoms with E-state index in [-0.39, 0.29) is 5.75 Å². The van der Waals surface area contributed by atoms with Crippen LogP contribution < -0.4 is 5.32 Å². The molecular formula is C11H16N2O4S. The van der Waals surface area contributed by atoms with Crippen molar-refractivity contribution in [1.29, 1.82) is 0 Å². The Labute approximate surface area is 106 Å². The van der Waals surface area contributed by atoms with Gasteiger partial charge in [-0.25, -0.2) is 18.2 Å². The van der Waals surface area contributed by atoms with Crippen LogP contribution in [0.1, 0.15) is 16.8 Å². The zero-order valence-corrected chi connectivity index (χ0v) is 11.2. The number of ether oxygens (including phenoxy) is 1. The first kappa shape index (κ1) is 14.4. The molecule has 6 nitrogen and oxygen atoms in total. The molecule has 1 rings (SSSR count). The third-order valence-corrected chi connectivity index (χ3v) is 3.23. The number of pyridine rings is 1. The summed E-state index contributed by atoms with van der Waals surface area (Å²) in [6, 6.07) is 3.23. The molecule has 0 aliphatic heterocycles. The maximum atomic E-state index is 11.4. The Kier molecular flexibility index (Phi) is 5.08. The monoisotopic (exact) mass is 272 g/mol. The van der Waals surface area contributed by atoms with Gasteiger partial charge < -0.3 is 10.1 Å². The lowest BCUT2D eigenvalue weighted by atomic mass is 10.2. The number of aromatic nitrogens is 1. The van der Waals surface area contributed by atoms with Crippen LogP contribution in [0.4, 0.5) is 5.82 Å². The predicted molar refractivity (Wildman–Crippen MR) is 68.4 cm³/mol. The highest BCUT2D eigenvalue weighted by atomic mass is 32.2. The average Bonchev–Trinajstić information content (AvgIpc) is 2.33. The standard InChI is InChI=1S/C11H16N2O4S/c1-17-11(14)9-5-3-6-12-10(9)13-7-4-8-18(2,15)16/h3,5-6H,4,7-8H2,1-2H3,(H,12,13). The van der Waals surface area contributed by atoms with Crippen LogP contribution >= 0.6 is 0 Å². The van der Waals surface area contributed by atoms with Crippen LogP contribution in [0.3, 0.4) is 0 Å². The quantitative estimate of drug-likeness (QED) is 0.606. The molecule has 0 saturated carbocycles. The van der Waals surface area contributed by atoms with E-state index in [1.807, 2.05) is 0 Å². The normalized spacial score (nSPS) is 11.0. The third kappa shape index (κ3) is 4.70. The van der Waals surface area contributed by atoms with E-state index in [9.17, 15) is 13.2 Å². The largest absolute Gasteiger partial charge is 0.465 e. The number of sulfone groups is 1. The first-order valence-electron chi connectivity index (χ1n) is 5.39. The number of nitrogens with zero attached hydrogens (tertiary/aromatic N) is 1. The van der Waals surface area contributed by atoms with Crippen molar-refractivity contribution in [1.82, 2.24) is 4.98 Å². The van der Waals surface area contributed by atoms with Crippen molar-refractivity contribution in [3.05, 3.63) is 23.9 Å². The summed E-state index contributed by atoms with van der Waals surface area (Å²) < 4.78 is 26.5. The van der Waals surface area contributed by atoms with Crippen LogP contribution in [0.5, 0.6) is 0 Å². The number of nitrogens with one attached hydrogen (secondary N) is 1. The summed E-state index contributed by atoms with van der Waals surface area (Å²) in [5, 5.41) is 2.92. The number of hydrogen-bond donors (Lipinski definition) is 1. The second kappa shape index (κ2) is 6.34. The summed E-state index contributed by atoms with van der Waals surface area (Å²) in [5.74, 6) is 0.0204. The maximum Gasteiger partial charge on any atom is 0.341 e. The molecule has 0 radical (unpaired) electrons. The molecule has 0 bridgehead atoms. The number of carbonyl (C=O) groups excluding carboxylic acids is 1. The number of anilines is 1. The van der Waals surface area contributed by atoms with Gasteiger partial charge in [0.05, 0.1) is 12.9 Å². The molecule has 1 heterocycles. The zero-order chi connectivity index (χ0) is 13.6. The summed E-state index contributed by atoms with van der Waals surface area (Å²) in [7, 11) is -1.67. The van der Waals surface area contributed by atoms with E-state index in [2.05, 4.69) is 15.0 Å². The topological polar surface area (TPSA) is 85.4 Å². The van der Waals surface area contributed by atoms with E-state index in [4.69, 9.17) is 0 Å². The van der Waals surface area contributed by atoms with Gasteiger partial charge in [-0.2, -0.15) is 0 Å². The molecule has 18 heavy (non-hydrogen) atoms. The smallest absolute Gasteiger partial charge is 0.341 e. The molecule has 0 unspecified atom stereocenters. The lowest BCUT2D eigenvalue weighted by molar-refractivity contribution is 0.0601. The fraction of sp³-hybridized carbons (Fsp3) is 0.455. The highest BCUT2D eigenvalue weighted by Crippen LogP contribution is 2.12. The van der Waals surface area contributed by atoms with Gasteiger partial charge in [0.15, 0.2) is 0 Å². The lowest BCUT2D eigenvalue weighted by Gasteiger charge is -2.08. The Morgan fingerprint density at radius 2 is 2.22 bits per heavy atom. The van der Waals surface area contributed by atoms with Crippen LogP contribution in [0.25, 0.3) is 0 Å². The van der Waals surface area contributed by atoms with E-state index in [0.717, 1.165) is 0 Å². The SMILES string of the molecule is COC(=O)c1cccnc1NCCCS(C)(=O)=O. The van der Waals surface area contributed by atoms with E-state index in [1.165, 1.54) is 13.4 Å². The van der Waals surface area contributed by atoms with Gasteiger partial charge in [-0.1, -0.05) is 0 Å². The number of esters is 1. The second-order valence-corrected chi connectivity index (χ2v) is 6.06. The Morgan fingerprint density at radius 1 is 1.50 bits per heavy atom. The van der Waals surface area contributed by atoms with E-state index in [1.54, 1.807) is 18.3 Å². The highest BCUT2D eigenvalue weighted by molar-refractivity contribution is 7.90. The lowest BCUT2D eigenvalue weighted by Crippen LogP contribution is -2.13. The van der Waals surface area contributed by atoms with Gasteiger partial charge in [0.1, 0.15) is 21.2 Å². The van der Waals surface area contributed by atoms with Crippen LogP contribution in [-0.4, -0.2) is 45.0 Å². The van der Waals surface area contributed by atoms with Crippen LogP contribution in [0.15, 0.2) is 18.3 Å². The molecule has 1 aromatic rings. The molecular weight excluding hydrogens is 256 g/mol. The Morgan fingerprint density at radius 3 is 2.83 bits per heavy atom. The van der Waals surface area contributed by atoms with Gasteiger partial charge in [-0.3, -0.25) is 0 Å². The van der Waals surface area contributed by atoms with Gasteiger partial charge in [-0.05, 0) is 18.6 Å². The minimum atomic E-state index is -2.96. The molecule has 0 aliphatic rings. The molecule has 0 aromatic carbocycles. The summed E-state index contributed by atoms with van der Waals surface area (Å²) >= 11 is 0. The molecule has 100 valence electrons. The number of carbonyl (C=O) groups is 1. The molecule has 0 aliphatic carbocycles. The summed E-state index contributed by atoms with van der Waals surface area (Å²) in [6.45, 7) is 0.425. The third-order valence-electron chi connectivity index (χ3n) is 2.20. The van der Waals surface area contributed by atoms with Gasteiger partial charge in [0.25, 0.3) is 0 Å². The minimum Gasteiger partial charge on any atom is -0.465 e. The number of methoxy groups -OCH3 is 1. The van der Waals surface area contributed by atoms with Crippen molar-refractivity contribution >= 4 is 21.6 Å². The summed E-state index contributed by atoms with van der Waals surface area (Å²) in [5.41, 5.74) is 0.333. The van der Waals surface area contributed by atoms with E-state index >= 15 is 0 Å². The van der Waals surface area contributed by atoms with Crippen molar-refractivity contribution in [2.45, 2.75) is 6.42 Å². The molecule has 0 atom stereocenters. The van der Waals surface area contributed by atoms with E-state index in [0.29, 0.717) is 24.3 Å². The zero-order valence-electron chi connectivity index (χ0n) is 10.3. The number of rotatable bonds is 6. The van der Waals surface area contributed by atoms with Crippen molar-refractivity contribution in [2.24, 2.45) is 0 Å². The maximum absolute atomic E-state index is 11.4. The molecule has 1 aromatic heterocycles. The van der Waals surface area contributed by atoms with Gasteiger partial charge in [0, 0.05) is 19.0 Å². The number of hydrogen-bond acceptors (Lipinski definition) is 6. The first-order chi connectivity index (χ1) is 8.44. The predicted octanol–water partition coefficient (Wildman–Crippen LogP) is 0.715. The minimum absolute atomic E-state index is 0.0976. The molecule has 0 spiro atoms. The van der Waals surface area contributed by atoms with Crippen LogP contribution in [-0.2, 0) is 14.6 Å². The molecule has 1 N–H and O–H groups in total. The van der Waals surface area contributed by atoms with E-state index < -0.39 is 15.8 Å². The van der Waals surface area contributed by atoms with Crippen molar-refractivity contribution in [3.63, 3.8) is 0 Å². The second-order valence-electron chi connectivity index (χ2n) is 3.80. The Balaban J connectivity index is 2.60. The molecule has 0 fully saturated rings. The van der Waals surface area contributed by atoms with Gasteiger partial charge in [-0.15, -0.1) is 0 Å². The fourth-order valence-corrected chi connectivity index (χ4v) is 2.03. The highest BCUT2D eigenvalue weighted by Gasteiger charge is 2.11. The van der Waals surface area contributed by atoms with Crippen molar-refractivity contribution < 1.29 is 17.9 Å². The average molecular weight is 272 g/mol. The van der Waals surface area contributed by atoms with Crippen molar-refractivity contribution in [2.75, 3.05) is 31.0 Å². The first-order valence-corrected chi connectivity index (χ1v) is 7.45.